The van der Waals surface area contributed by atoms with E-state index in [2.05, 4.69) is 11.5 Å². The molecule has 0 N–H and O–H groups in total. The summed E-state index contributed by atoms with van der Waals surface area (Å²) in [7, 11) is 0. The fourth-order valence-electron chi connectivity index (χ4n) is 1.16. The predicted molar refractivity (Wildman–Crippen MR) is 40.6 cm³/mol. The van der Waals surface area contributed by atoms with Gasteiger partial charge in [0.2, 0.25) is 0 Å². The predicted octanol–water partition coefficient (Wildman–Crippen LogP) is 1.83. The number of hydrogen-bond donors (Lipinski definition) is 0. The van der Waals surface area contributed by atoms with Gasteiger partial charge in [0.05, 0.1) is 5.50 Å². The molecule has 0 aromatic rings. The number of rotatable bonds is 2. The van der Waals surface area contributed by atoms with Gasteiger partial charge >= 0.3 is 0 Å². The van der Waals surface area contributed by atoms with Crippen molar-refractivity contribution < 1.29 is 0 Å². The van der Waals surface area contributed by atoms with Gasteiger partial charge in [0.15, 0.2) is 0 Å². The van der Waals surface area contributed by atoms with Crippen LogP contribution in [0.2, 0.25) is 0 Å². The van der Waals surface area contributed by atoms with Crippen LogP contribution in [0.3, 0.4) is 0 Å². The number of alkyl halides is 1. The maximum Gasteiger partial charge on any atom is 0.0853 e. The van der Waals surface area contributed by atoms with E-state index in [0.29, 0.717) is 0 Å². The van der Waals surface area contributed by atoms with Crippen molar-refractivity contribution >= 4 is 11.6 Å². The van der Waals surface area contributed by atoms with Gasteiger partial charge in [-0.05, 0) is 19.4 Å². The Kier molecular flexibility index (Phi) is 2.55. The summed E-state index contributed by atoms with van der Waals surface area (Å²) in [4.78, 5) is 2.23. The molecule has 52 valence electrons. The van der Waals surface area contributed by atoms with E-state index in [0.717, 1.165) is 19.5 Å². The van der Waals surface area contributed by atoms with E-state index in [1.165, 1.54) is 6.42 Å². The highest BCUT2D eigenvalue weighted by Crippen LogP contribution is 2.19. The van der Waals surface area contributed by atoms with E-state index in [4.69, 9.17) is 11.6 Å². The van der Waals surface area contributed by atoms with Gasteiger partial charge in [0.25, 0.3) is 0 Å². The minimum absolute atomic E-state index is 0.267. The van der Waals surface area contributed by atoms with Crippen LogP contribution in [0.15, 0.2) is 12.7 Å². The minimum Gasteiger partial charge on any atom is -0.284 e. The highest BCUT2D eigenvalue weighted by atomic mass is 35.5. The van der Waals surface area contributed by atoms with E-state index in [1.807, 2.05) is 6.08 Å². The largest absolute Gasteiger partial charge is 0.284 e. The van der Waals surface area contributed by atoms with Crippen LogP contribution in [0, 0.1) is 0 Å². The smallest absolute Gasteiger partial charge is 0.0853 e. The monoisotopic (exact) mass is 145 g/mol. The van der Waals surface area contributed by atoms with Crippen molar-refractivity contribution in [2.75, 3.05) is 13.1 Å². The summed E-state index contributed by atoms with van der Waals surface area (Å²) in [6.07, 6.45) is 4.28. The lowest BCUT2D eigenvalue weighted by Crippen LogP contribution is -2.24. The fourth-order valence-corrected chi connectivity index (χ4v) is 1.49. The van der Waals surface area contributed by atoms with Gasteiger partial charge in [-0.2, -0.15) is 0 Å². The molecule has 1 atom stereocenters. The molecule has 0 radical (unpaired) electrons. The molecule has 0 aliphatic carbocycles. The van der Waals surface area contributed by atoms with Crippen molar-refractivity contribution in [2.45, 2.75) is 18.3 Å². The first-order chi connectivity index (χ1) is 4.34. The number of likely N-dealkylation sites (tertiary alicyclic amines) is 1. The Morgan fingerprint density at radius 2 is 2.56 bits per heavy atom. The highest BCUT2D eigenvalue weighted by Gasteiger charge is 2.19. The SMILES string of the molecule is C=CCN1CCCC1Cl. The van der Waals surface area contributed by atoms with Crippen LogP contribution >= 0.6 is 11.6 Å². The lowest BCUT2D eigenvalue weighted by Gasteiger charge is -2.15. The zero-order chi connectivity index (χ0) is 6.69. The lowest BCUT2D eigenvalue weighted by molar-refractivity contribution is 0.348. The maximum atomic E-state index is 5.94. The molecule has 0 bridgehead atoms. The van der Waals surface area contributed by atoms with Gasteiger partial charge in [-0.3, -0.25) is 4.90 Å². The molecule has 0 amide bonds. The topological polar surface area (TPSA) is 3.24 Å². The first kappa shape index (κ1) is 7.10. The van der Waals surface area contributed by atoms with Crippen LogP contribution in [-0.4, -0.2) is 23.5 Å². The third-order valence-corrected chi connectivity index (χ3v) is 2.14. The van der Waals surface area contributed by atoms with Gasteiger partial charge in [0.1, 0.15) is 0 Å². The summed E-state index contributed by atoms with van der Waals surface area (Å²) in [5, 5.41) is 0. The Balaban J connectivity index is 2.30. The van der Waals surface area contributed by atoms with Crippen molar-refractivity contribution in [1.82, 2.24) is 4.90 Å². The Morgan fingerprint density at radius 1 is 1.78 bits per heavy atom. The number of halogens is 1. The molecule has 1 rings (SSSR count). The summed E-state index contributed by atoms with van der Waals surface area (Å²) in [6, 6.07) is 0. The van der Waals surface area contributed by atoms with Crippen molar-refractivity contribution in [3.8, 4) is 0 Å². The molecule has 0 aromatic carbocycles. The van der Waals surface area contributed by atoms with E-state index in [-0.39, 0.29) is 5.50 Å². The van der Waals surface area contributed by atoms with Gasteiger partial charge in [-0.1, -0.05) is 6.08 Å². The first-order valence-corrected chi connectivity index (χ1v) is 3.77. The molecule has 1 aliphatic rings. The van der Waals surface area contributed by atoms with Gasteiger partial charge in [-0.15, -0.1) is 18.2 Å². The maximum absolute atomic E-state index is 5.94. The van der Waals surface area contributed by atoms with Crippen LogP contribution in [0.25, 0.3) is 0 Å². The molecule has 1 nitrogen and oxygen atoms in total. The second-order valence-corrected chi connectivity index (χ2v) is 2.86. The van der Waals surface area contributed by atoms with Crippen LogP contribution in [0.5, 0.6) is 0 Å². The molecule has 0 saturated carbocycles. The van der Waals surface area contributed by atoms with Gasteiger partial charge in [0, 0.05) is 6.54 Å². The summed E-state index contributed by atoms with van der Waals surface area (Å²) < 4.78 is 0. The van der Waals surface area contributed by atoms with E-state index >= 15 is 0 Å². The summed E-state index contributed by atoms with van der Waals surface area (Å²) in [5.74, 6) is 0. The normalized spacial score (nSPS) is 28.8. The molecule has 2 heteroatoms. The van der Waals surface area contributed by atoms with E-state index in [9.17, 15) is 0 Å². The molecular formula is C7H12ClN. The molecule has 9 heavy (non-hydrogen) atoms. The van der Waals surface area contributed by atoms with Crippen molar-refractivity contribution in [3.63, 3.8) is 0 Å². The molecule has 0 aromatic heterocycles. The molecule has 1 unspecified atom stereocenters. The molecular weight excluding hydrogens is 134 g/mol. The van der Waals surface area contributed by atoms with Gasteiger partial charge in [-0.25, -0.2) is 0 Å². The zero-order valence-corrected chi connectivity index (χ0v) is 6.27. The first-order valence-electron chi connectivity index (χ1n) is 3.33. The fraction of sp³-hybridized carbons (Fsp3) is 0.714. The van der Waals surface area contributed by atoms with Crippen molar-refractivity contribution in [1.29, 1.82) is 0 Å². The Hall–Kier alpha value is -0.0100. The Bertz CT molecular complexity index is 103. The van der Waals surface area contributed by atoms with Crippen LogP contribution in [0.4, 0.5) is 0 Å². The third kappa shape index (κ3) is 1.70. The minimum atomic E-state index is 0.267. The van der Waals surface area contributed by atoms with Crippen LogP contribution < -0.4 is 0 Å². The molecule has 1 aliphatic heterocycles. The second kappa shape index (κ2) is 3.23. The van der Waals surface area contributed by atoms with Crippen LogP contribution in [0.1, 0.15) is 12.8 Å². The average molecular weight is 146 g/mol. The molecule has 0 spiro atoms. The Labute approximate surface area is 61.3 Å². The van der Waals surface area contributed by atoms with Crippen LogP contribution in [-0.2, 0) is 0 Å². The Morgan fingerprint density at radius 3 is 3.00 bits per heavy atom. The highest BCUT2D eigenvalue weighted by molar-refractivity contribution is 6.20. The second-order valence-electron chi connectivity index (χ2n) is 2.36. The number of nitrogens with zero attached hydrogens (tertiary/aromatic N) is 1. The average Bonchev–Trinajstić information content (AvgIpc) is 2.18. The molecule has 1 heterocycles. The molecule has 1 saturated heterocycles. The summed E-state index contributed by atoms with van der Waals surface area (Å²) in [5.41, 5.74) is 0.267. The lowest BCUT2D eigenvalue weighted by atomic mass is 10.4. The van der Waals surface area contributed by atoms with E-state index in [1.54, 1.807) is 0 Å². The zero-order valence-electron chi connectivity index (χ0n) is 5.52. The third-order valence-electron chi connectivity index (χ3n) is 1.65. The standard InChI is InChI=1S/C7H12ClN/c1-2-5-9-6-3-4-7(9)8/h2,7H,1,3-6H2. The van der Waals surface area contributed by atoms with Crippen molar-refractivity contribution in [3.05, 3.63) is 12.7 Å². The van der Waals surface area contributed by atoms with E-state index < -0.39 is 0 Å². The summed E-state index contributed by atoms with van der Waals surface area (Å²) >= 11 is 5.94. The van der Waals surface area contributed by atoms with Gasteiger partial charge < -0.3 is 0 Å². The number of hydrogen-bond acceptors (Lipinski definition) is 1. The van der Waals surface area contributed by atoms with Crippen molar-refractivity contribution in [2.24, 2.45) is 0 Å². The summed E-state index contributed by atoms with van der Waals surface area (Å²) in [6.45, 7) is 5.74. The quantitative estimate of drug-likeness (QED) is 0.326. The molecule has 1 fully saturated rings.